The van der Waals surface area contributed by atoms with E-state index >= 15 is 0 Å². The van der Waals surface area contributed by atoms with Crippen molar-refractivity contribution >= 4 is 23.2 Å². The molecule has 17 heavy (non-hydrogen) atoms. The van der Waals surface area contributed by atoms with Crippen LogP contribution in [0, 0.1) is 0 Å². The molecule has 0 saturated heterocycles. The van der Waals surface area contributed by atoms with Crippen LogP contribution in [0.4, 0.5) is 0 Å². The van der Waals surface area contributed by atoms with Gasteiger partial charge in [-0.3, -0.25) is 10.5 Å². The van der Waals surface area contributed by atoms with Crippen molar-refractivity contribution in [3.8, 4) is 0 Å². The lowest BCUT2D eigenvalue weighted by atomic mass is 10.0. The molecule has 0 amide bonds. The number of nitrogens with zero attached hydrogens (tertiary/aromatic N) is 2. The normalized spacial score (nSPS) is 12.7. The predicted molar refractivity (Wildman–Crippen MR) is 68.8 cm³/mol. The van der Waals surface area contributed by atoms with Gasteiger partial charge in [-0.25, -0.2) is 5.43 Å². The summed E-state index contributed by atoms with van der Waals surface area (Å²) in [5.74, 6) is 5.58. The van der Waals surface area contributed by atoms with E-state index in [2.05, 4.69) is 10.5 Å². The van der Waals surface area contributed by atoms with Crippen LogP contribution in [0.2, 0.25) is 10.0 Å². The summed E-state index contributed by atoms with van der Waals surface area (Å²) in [7, 11) is 1.84. The van der Waals surface area contributed by atoms with Gasteiger partial charge in [0.15, 0.2) is 0 Å². The maximum Gasteiger partial charge on any atom is 0.0755 e. The predicted octanol–water partition coefficient (Wildman–Crippen LogP) is 2.28. The van der Waals surface area contributed by atoms with E-state index < -0.39 is 0 Å². The average Bonchev–Trinajstić information content (AvgIpc) is 2.71. The van der Waals surface area contributed by atoms with Gasteiger partial charge < -0.3 is 0 Å². The molecule has 0 saturated carbocycles. The molecular formula is C11H12Cl2N4. The summed E-state index contributed by atoms with van der Waals surface area (Å²) < 4.78 is 1.71. The molecule has 2 aromatic rings. The number of benzene rings is 1. The largest absolute Gasteiger partial charge is 0.275 e. The van der Waals surface area contributed by atoms with Crippen molar-refractivity contribution in [2.75, 3.05) is 0 Å². The number of aromatic nitrogens is 2. The number of hydrogen-bond donors (Lipinski definition) is 2. The Hall–Kier alpha value is -1.07. The molecule has 6 heteroatoms. The molecule has 1 unspecified atom stereocenters. The zero-order valence-corrected chi connectivity index (χ0v) is 10.7. The van der Waals surface area contributed by atoms with Gasteiger partial charge in [0.2, 0.25) is 0 Å². The van der Waals surface area contributed by atoms with Crippen LogP contribution in [0.5, 0.6) is 0 Å². The highest BCUT2D eigenvalue weighted by molar-refractivity contribution is 6.33. The number of aryl methyl sites for hydroxylation is 1. The van der Waals surface area contributed by atoms with Gasteiger partial charge in [-0.05, 0) is 23.8 Å². The van der Waals surface area contributed by atoms with E-state index in [-0.39, 0.29) is 6.04 Å². The Labute approximate surface area is 109 Å². The summed E-state index contributed by atoms with van der Waals surface area (Å²) in [5, 5.41) is 5.34. The lowest BCUT2D eigenvalue weighted by molar-refractivity contribution is 0.636. The van der Waals surface area contributed by atoms with E-state index in [1.165, 1.54) is 0 Å². The molecule has 3 N–H and O–H groups in total. The standard InChI is InChI=1S/C11H12Cl2N4/c1-17-6-7(5-15-17)11(16-14)9-4-8(12)2-3-10(9)13/h2-6,11,16H,14H2,1H3. The minimum atomic E-state index is -0.227. The number of nitrogens with one attached hydrogen (secondary N) is 1. The van der Waals surface area contributed by atoms with Gasteiger partial charge in [-0.2, -0.15) is 5.10 Å². The first-order valence-corrected chi connectivity index (χ1v) is 5.77. The highest BCUT2D eigenvalue weighted by atomic mass is 35.5. The average molecular weight is 271 g/mol. The van der Waals surface area contributed by atoms with Crippen molar-refractivity contribution in [2.45, 2.75) is 6.04 Å². The molecule has 4 nitrogen and oxygen atoms in total. The second-order valence-corrected chi connectivity index (χ2v) is 4.56. The van der Waals surface area contributed by atoms with E-state index in [1.807, 2.05) is 13.2 Å². The summed E-state index contributed by atoms with van der Waals surface area (Å²) in [4.78, 5) is 0. The van der Waals surface area contributed by atoms with Gasteiger partial charge in [0.25, 0.3) is 0 Å². The van der Waals surface area contributed by atoms with Gasteiger partial charge in [0.1, 0.15) is 0 Å². The summed E-state index contributed by atoms with van der Waals surface area (Å²) in [6.07, 6.45) is 3.61. The molecule has 0 radical (unpaired) electrons. The monoisotopic (exact) mass is 270 g/mol. The van der Waals surface area contributed by atoms with Crippen LogP contribution in [0.3, 0.4) is 0 Å². The van der Waals surface area contributed by atoms with E-state index in [0.29, 0.717) is 10.0 Å². The molecule has 0 aliphatic carbocycles. The Morgan fingerprint density at radius 3 is 2.76 bits per heavy atom. The van der Waals surface area contributed by atoms with E-state index in [0.717, 1.165) is 11.1 Å². The van der Waals surface area contributed by atoms with Gasteiger partial charge >= 0.3 is 0 Å². The van der Waals surface area contributed by atoms with Crippen LogP contribution in [-0.4, -0.2) is 9.78 Å². The zero-order valence-electron chi connectivity index (χ0n) is 9.19. The Balaban J connectivity index is 2.45. The molecule has 90 valence electrons. The third-order valence-corrected chi connectivity index (χ3v) is 3.07. The minimum absolute atomic E-state index is 0.227. The molecule has 2 rings (SSSR count). The maximum absolute atomic E-state index is 6.15. The van der Waals surface area contributed by atoms with Crippen LogP contribution in [0.15, 0.2) is 30.6 Å². The SMILES string of the molecule is Cn1cc(C(NN)c2cc(Cl)ccc2Cl)cn1. The zero-order chi connectivity index (χ0) is 12.4. The second kappa shape index (κ2) is 5.06. The number of hydrazine groups is 1. The molecule has 1 atom stereocenters. The van der Waals surface area contributed by atoms with Crippen LogP contribution in [0.1, 0.15) is 17.2 Å². The van der Waals surface area contributed by atoms with Crippen molar-refractivity contribution in [3.63, 3.8) is 0 Å². The van der Waals surface area contributed by atoms with Gasteiger partial charge in [-0.15, -0.1) is 0 Å². The molecule has 1 aromatic carbocycles. The van der Waals surface area contributed by atoms with Crippen molar-refractivity contribution in [1.82, 2.24) is 15.2 Å². The Morgan fingerprint density at radius 1 is 1.41 bits per heavy atom. The van der Waals surface area contributed by atoms with Crippen LogP contribution in [-0.2, 0) is 7.05 Å². The minimum Gasteiger partial charge on any atom is -0.275 e. The molecule has 0 fully saturated rings. The van der Waals surface area contributed by atoms with E-state index in [4.69, 9.17) is 29.0 Å². The summed E-state index contributed by atoms with van der Waals surface area (Å²) in [5.41, 5.74) is 4.48. The molecule has 0 aliphatic heterocycles. The summed E-state index contributed by atoms with van der Waals surface area (Å²) in [6.45, 7) is 0. The second-order valence-electron chi connectivity index (χ2n) is 3.71. The van der Waals surface area contributed by atoms with Gasteiger partial charge in [0.05, 0.1) is 12.2 Å². The number of nitrogens with two attached hydrogens (primary N) is 1. The maximum atomic E-state index is 6.15. The molecule has 0 spiro atoms. The molecule has 0 bridgehead atoms. The fraction of sp³-hybridized carbons (Fsp3) is 0.182. The highest BCUT2D eigenvalue weighted by Crippen LogP contribution is 2.29. The highest BCUT2D eigenvalue weighted by Gasteiger charge is 2.17. The smallest absolute Gasteiger partial charge is 0.0755 e. The van der Waals surface area contributed by atoms with E-state index in [1.54, 1.807) is 29.1 Å². The summed E-state index contributed by atoms with van der Waals surface area (Å²) >= 11 is 12.1. The first-order valence-electron chi connectivity index (χ1n) is 5.01. The lowest BCUT2D eigenvalue weighted by Gasteiger charge is -2.16. The fourth-order valence-electron chi connectivity index (χ4n) is 1.69. The van der Waals surface area contributed by atoms with Crippen molar-refractivity contribution < 1.29 is 0 Å². The van der Waals surface area contributed by atoms with Crippen molar-refractivity contribution in [1.29, 1.82) is 0 Å². The van der Waals surface area contributed by atoms with Gasteiger partial charge in [-0.1, -0.05) is 23.2 Å². The third kappa shape index (κ3) is 2.61. The Kier molecular flexibility index (Phi) is 3.69. The quantitative estimate of drug-likeness (QED) is 0.665. The topological polar surface area (TPSA) is 55.9 Å². The number of rotatable bonds is 3. The van der Waals surface area contributed by atoms with Crippen LogP contribution in [0.25, 0.3) is 0 Å². The lowest BCUT2D eigenvalue weighted by Crippen LogP contribution is -2.28. The Morgan fingerprint density at radius 2 is 2.18 bits per heavy atom. The number of halogens is 2. The molecule has 1 heterocycles. The summed E-state index contributed by atoms with van der Waals surface area (Å²) in [6, 6.07) is 5.06. The first-order chi connectivity index (χ1) is 8.11. The van der Waals surface area contributed by atoms with Crippen molar-refractivity contribution in [2.24, 2.45) is 12.9 Å². The van der Waals surface area contributed by atoms with Crippen molar-refractivity contribution in [3.05, 3.63) is 51.8 Å². The molecular weight excluding hydrogens is 259 g/mol. The van der Waals surface area contributed by atoms with Crippen LogP contribution < -0.4 is 11.3 Å². The third-order valence-electron chi connectivity index (χ3n) is 2.49. The Bertz CT molecular complexity index is 524. The van der Waals surface area contributed by atoms with Gasteiger partial charge in [0, 0.05) is 28.9 Å². The molecule has 0 aliphatic rings. The first kappa shape index (κ1) is 12.4. The van der Waals surface area contributed by atoms with E-state index in [9.17, 15) is 0 Å². The van der Waals surface area contributed by atoms with Crippen LogP contribution >= 0.6 is 23.2 Å². The fourth-order valence-corrected chi connectivity index (χ4v) is 2.10. The molecule has 1 aromatic heterocycles. The number of hydrogen-bond acceptors (Lipinski definition) is 3.